The second-order valence-corrected chi connectivity index (χ2v) is 7.19. The number of ether oxygens (including phenoxy) is 3. The van der Waals surface area contributed by atoms with Crippen molar-refractivity contribution in [3.63, 3.8) is 0 Å². The molecule has 0 bridgehead atoms. The van der Waals surface area contributed by atoms with Crippen molar-refractivity contribution >= 4 is 17.4 Å². The lowest BCUT2D eigenvalue weighted by Gasteiger charge is -2.37. The van der Waals surface area contributed by atoms with Gasteiger partial charge in [0.1, 0.15) is 0 Å². The van der Waals surface area contributed by atoms with Crippen LogP contribution in [0.25, 0.3) is 0 Å². The molecule has 158 valence electrons. The quantitative estimate of drug-likeness (QED) is 0.447. The third kappa shape index (κ3) is 3.11. The number of methoxy groups -OCH3 is 3. The summed E-state index contributed by atoms with van der Waals surface area (Å²) in [7, 11) is 4.34. The number of nitrogens with zero attached hydrogens (tertiary/aromatic N) is 1. The van der Waals surface area contributed by atoms with Gasteiger partial charge in [0.2, 0.25) is 11.3 Å². The van der Waals surface area contributed by atoms with Gasteiger partial charge in [0.15, 0.2) is 11.5 Å². The fourth-order valence-corrected chi connectivity index (χ4v) is 4.19. The molecule has 1 heterocycles. The largest absolute Gasteiger partial charge is 0.493 e. The van der Waals surface area contributed by atoms with Gasteiger partial charge in [0.25, 0.3) is 0 Å². The Hall–Kier alpha value is -3.80. The number of benzene rings is 3. The van der Waals surface area contributed by atoms with Crippen LogP contribution in [0.3, 0.4) is 0 Å². The molecule has 3 aromatic carbocycles. The van der Waals surface area contributed by atoms with E-state index in [1.54, 1.807) is 30.3 Å². The lowest BCUT2D eigenvalue weighted by atomic mass is 9.84. The van der Waals surface area contributed by atoms with E-state index in [2.05, 4.69) is 0 Å². The standard InChI is InChI=1S/C25H23NO5/c1-29-21-14-13-18(15-22(21)30-2)25(24(28)31-3)23(27)19-11-7-8-12-20(19)26(25)16-17-9-5-4-6-10-17/h4-15H,16H2,1-3H3. The van der Waals surface area contributed by atoms with Crippen LogP contribution < -0.4 is 14.4 Å². The second-order valence-electron chi connectivity index (χ2n) is 7.19. The van der Waals surface area contributed by atoms with E-state index in [1.165, 1.54) is 21.3 Å². The van der Waals surface area contributed by atoms with E-state index in [0.717, 1.165) is 5.56 Å². The molecule has 0 radical (unpaired) electrons. The van der Waals surface area contributed by atoms with Gasteiger partial charge >= 0.3 is 5.97 Å². The van der Waals surface area contributed by atoms with Crippen molar-refractivity contribution in [3.8, 4) is 11.5 Å². The highest BCUT2D eigenvalue weighted by Gasteiger charge is 2.59. The van der Waals surface area contributed by atoms with Crippen LogP contribution in [0.1, 0.15) is 21.5 Å². The number of Topliss-reactive ketones (excluding diaryl/α,β-unsaturated/α-hetero) is 1. The van der Waals surface area contributed by atoms with Crippen molar-refractivity contribution in [2.75, 3.05) is 26.2 Å². The number of hydrogen-bond acceptors (Lipinski definition) is 6. The Morgan fingerprint density at radius 3 is 2.23 bits per heavy atom. The van der Waals surface area contributed by atoms with Gasteiger partial charge < -0.3 is 19.1 Å². The van der Waals surface area contributed by atoms with Gasteiger partial charge in [-0.3, -0.25) is 4.79 Å². The van der Waals surface area contributed by atoms with Gasteiger partial charge in [-0.1, -0.05) is 48.5 Å². The predicted octanol–water partition coefficient (Wildman–Crippen LogP) is 3.98. The molecule has 0 aliphatic carbocycles. The number of fused-ring (bicyclic) bond motifs is 1. The monoisotopic (exact) mass is 417 g/mol. The molecule has 6 heteroatoms. The van der Waals surface area contributed by atoms with Gasteiger partial charge in [-0.25, -0.2) is 4.79 Å². The van der Waals surface area contributed by atoms with Gasteiger partial charge in [-0.15, -0.1) is 0 Å². The van der Waals surface area contributed by atoms with Gasteiger partial charge in [0.05, 0.1) is 21.3 Å². The van der Waals surface area contributed by atoms with E-state index in [1.807, 2.05) is 47.4 Å². The maximum atomic E-state index is 13.9. The molecular weight excluding hydrogens is 394 g/mol. The summed E-state index contributed by atoms with van der Waals surface area (Å²) in [6.45, 7) is 0.340. The summed E-state index contributed by atoms with van der Waals surface area (Å²) >= 11 is 0. The topological polar surface area (TPSA) is 65.1 Å². The molecule has 4 rings (SSSR count). The Labute approximate surface area is 181 Å². The van der Waals surface area contributed by atoms with Crippen molar-refractivity contribution < 1.29 is 23.8 Å². The minimum absolute atomic E-state index is 0.335. The number of carbonyl (C=O) groups is 2. The molecule has 0 saturated heterocycles. The molecule has 3 aromatic rings. The maximum absolute atomic E-state index is 13.9. The summed E-state index contributed by atoms with van der Waals surface area (Å²) < 4.78 is 16.0. The van der Waals surface area contributed by atoms with Gasteiger partial charge in [0, 0.05) is 23.4 Å². The van der Waals surface area contributed by atoms with E-state index < -0.39 is 11.5 Å². The van der Waals surface area contributed by atoms with Crippen LogP contribution in [0.4, 0.5) is 5.69 Å². The van der Waals surface area contributed by atoms with Crippen LogP contribution >= 0.6 is 0 Å². The summed E-state index contributed by atoms with van der Waals surface area (Å²) in [5.74, 6) is -0.0644. The molecular formula is C25H23NO5. The molecule has 1 aliphatic heterocycles. The van der Waals surface area contributed by atoms with Crippen LogP contribution in [0.2, 0.25) is 0 Å². The molecule has 1 unspecified atom stereocenters. The van der Waals surface area contributed by atoms with E-state index >= 15 is 0 Å². The zero-order valence-electron chi connectivity index (χ0n) is 17.6. The number of ketones is 1. The van der Waals surface area contributed by atoms with E-state index in [9.17, 15) is 9.59 Å². The van der Waals surface area contributed by atoms with Crippen LogP contribution in [0.5, 0.6) is 11.5 Å². The van der Waals surface area contributed by atoms with Crippen LogP contribution in [-0.2, 0) is 21.6 Å². The number of para-hydroxylation sites is 1. The SMILES string of the molecule is COC(=O)C1(c2ccc(OC)c(OC)c2)C(=O)c2ccccc2N1Cc1ccccc1. The zero-order chi connectivity index (χ0) is 22.0. The molecule has 0 spiro atoms. The Morgan fingerprint density at radius 1 is 0.871 bits per heavy atom. The summed E-state index contributed by atoms with van der Waals surface area (Å²) in [6, 6.07) is 22.0. The fourth-order valence-electron chi connectivity index (χ4n) is 4.19. The highest BCUT2D eigenvalue weighted by Crippen LogP contribution is 2.48. The maximum Gasteiger partial charge on any atom is 0.344 e. The molecule has 0 saturated carbocycles. The Morgan fingerprint density at radius 2 is 1.55 bits per heavy atom. The first kappa shape index (κ1) is 20.5. The molecule has 0 aromatic heterocycles. The Bertz CT molecular complexity index is 1130. The highest BCUT2D eigenvalue weighted by atomic mass is 16.5. The summed E-state index contributed by atoms with van der Waals surface area (Å²) in [5, 5.41) is 0. The highest BCUT2D eigenvalue weighted by molar-refractivity contribution is 6.25. The number of carbonyl (C=O) groups excluding carboxylic acids is 2. The number of anilines is 1. The Kier molecular flexibility index (Phi) is 5.38. The average molecular weight is 417 g/mol. The van der Waals surface area contributed by atoms with Crippen molar-refractivity contribution in [3.05, 3.63) is 89.5 Å². The van der Waals surface area contributed by atoms with Crippen LogP contribution in [0.15, 0.2) is 72.8 Å². The number of rotatable bonds is 6. The number of hydrogen-bond donors (Lipinski definition) is 0. The number of esters is 1. The summed E-state index contributed by atoms with van der Waals surface area (Å²) in [4.78, 5) is 29.1. The molecule has 1 aliphatic rings. The predicted molar refractivity (Wildman–Crippen MR) is 117 cm³/mol. The third-order valence-corrected chi connectivity index (χ3v) is 5.64. The minimum Gasteiger partial charge on any atom is -0.493 e. The lowest BCUT2D eigenvalue weighted by molar-refractivity contribution is -0.145. The van der Waals surface area contributed by atoms with Gasteiger partial charge in [-0.05, 0) is 29.8 Å². The van der Waals surface area contributed by atoms with E-state index in [0.29, 0.717) is 34.9 Å². The first-order valence-corrected chi connectivity index (χ1v) is 9.84. The fraction of sp³-hybridized carbons (Fsp3) is 0.200. The lowest BCUT2D eigenvalue weighted by Crippen LogP contribution is -2.54. The van der Waals surface area contributed by atoms with Crippen molar-refractivity contribution in [2.24, 2.45) is 0 Å². The molecule has 0 amide bonds. The minimum atomic E-state index is -1.69. The van der Waals surface area contributed by atoms with Crippen molar-refractivity contribution in [1.82, 2.24) is 0 Å². The molecule has 31 heavy (non-hydrogen) atoms. The van der Waals surface area contributed by atoms with Crippen molar-refractivity contribution in [1.29, 1.82) is 0 Å². The Balaban J connectivity index is 1.98. The van der Waals surface area contributed by atoms with E-state index in [4.69, 9.17) is 14.2 Å². The molecule has 0 fully saturated rings. The zero-order valence-corrected chi connectivity index (χ0v) is 17.6. The van der Waals surface area contributed by atoms with Gasteiger partial charge in [-0.2, -0.15) is 0 Å². The average Bonchev–Trinajstić information content (AvgIpc) is 3.07. The molecule has 1 atom stereocenters. The summed E-state index contributed by atoms with van der Waals surface area (Å²) in [5.41, 5.74) is 0.874. The second kappa shape index (κ2) is 8.14. The molecule has 6 nitrogen and oxygen atoms in total. The van der Waals surface area contributed by atoms with Crippen LogP contribution in [0, 0.1) is 0 Å². The molecule has 0 N–H and O–H groups in total. The normalized spacial score (nSPS) is 17.3. The van der Waals surface area contributed by atoms with E-state index in [-0.39, 0.29) is 5.78 Å². The van der Waals surface area contributed by atoms with Crippen molar-refractivity contribution in [2.45, 2.75) is 12.1 Å². The smallest absolute Gasteiger partial charge is 0.344 e. The first-order chi connectivity index (χ1) is 15.1. The van der Waals surface area contributed by atoms with Crippen LogP contribution in [-0.4, -0.2) is 33.1 Å². The third-order valence-electron chi connectivity index (χ3n) is 5.64. The first-order valence-electron chi connectivity index (χ1n) is 9.84. The summed E-state index contributed by atoms with van der Waals surface area (Å²) in [6.07, 6.45) is 0.